The minimum atomic E-state index is -3.70. The maximum absolute atomic E-state index is 12.3. The fourth-order valence-corrected chi connectivity index (χ4v) is 3.53. The monoisotopic (exact) mass is 301 g/mol. The molecule has 0 unspecified atom stereocenters. The predicted octanol–water partition coefficient (Wildman–Crippen LogP) is 1.41. The van der Waals surface area contributed by atoms with Crippen molar-refractivity contribution in [3.05, 3.63) is 17.5 Å². The van der Waals surface area contributed by atoms with Gasteiger partial charge in [0.05, 0.1) is 5.69 Å². The van der Waals surface area contributed by atoms with Gasteiger partial charge in [-0.25, -0.2) is 4.79 Å². The van der Waals surface area contributed by atoms with E-state index in [1.165, 1.54) is 10.4 Å². The fourth-order valence-electron chi connectivity index (χ4n) is 2.27. The third kappa shape index (κ3) is 3.13. The number of piperidine rings is 1. The van der Waals surface area contributed by atoms with Crippen LogP contribution in [0.5, 0.6) is 0 Å². The second kappa shape index (κ2) is 5.45. The summed E-state index contributed by atoms with van der Waals surface area (Å²) in [6.07, 6.45) is 1.64. The molecule has 1 aromatic rings. The van der Waals surface area contributed by atoms with Gasteiger partial charge in [0.2, 0.25) is 0 Å². The van der Waals surface area contributed by atoms with Crippen LogP contribution in [0.1, 0.15) is 35.9 Å². The van der Waals surface area contributed by atoms with Gasteiger partial charge in [-0.15, -0.1) is 0 Å². The highest BCUT2D eigenvalue weighted by Crippen LogP contribution is 2.23. The van der Waals surface area contributed by atoms with Crippen LogP contribution in [0.15, 0.2) is 6.07 Å². The van der Waals surface area contributed by atoms with E-state index in [2.05, 4.69) is 16.6 Å². The van der Waals surface area contributed by atoms with Crippen molar-refractivity contribution in [2.24, 2.45) is 5.92 Å². The van der Waals surface area contributed by atoms with Crippen LogP contribution in [0.4, 0.5) is 5.69 Å². The molecule has 0 amide bonds. The van der Waals surface area contributed by atoms with Gasteiger partial charge in [-0.2, -0.15) is 12.7 Å². The molecule has 0 atom stereocenters. The number of carboxylic acid groups (broad SMARTS) is 1. The number of nitrogens with one attached hydrogen (secondary N) is 2. The lowest BCUT2D eigenvalue weighted by molar-refractivity contribution is 0.0692. The van der Waals surface area contributed by atoms with Gasteiger partial charge in [0.1, 0.15) is 5.69 Å². The van der Waals surface area contributed by atoms with Crippen molar-refractivity contribution in [3.8, 4) is 0 Å². The van der Waals surface area contributed by atoms with E-state index in [9.17, 15) is 13.2 Å². The molecule has 0 spiro atoms. The Hall–Kier alpha value is -1.54. The maximum atomic E-state index is 12.3. The number of aromatic nitrogens is 1. The van der Waals surface area contributed by atoms with Crippen LogP contribution in [0.3, 0.4) is 0 Å². The Kier molecular flexibility index (Phi) is 4.05. The molecule has 7 nitrogen and oxygen atoms in total. The Morgan fingerprint density at radius 2 is 2.05 bits per heavy atom. The molecular weight excluding hydrogens is 282 g/mol. The second-order valence-electron chi connectivity index (χ2n) is 5.23. The quantitative estimate of drug-likeness (QED) is 0.782. The van der Waals surface area contributed by atoms with Gasteiger partial charge in [-0.3, -0.25) is 4.72 Å². The highest BCUT2D eigenvalue weighted by atomic mass is 32.2. The summed E-state index contributed by atoms with van der Waals surface area (Å²) in [6.45, 7) is 4.69. The smallest absolute Gasteiger partial charge is 0.354 e. The van der Waals surface area contributed by atoms with Gasteiger partial charge in [-0.05, 0) is 31.7 Å². The summed E-state index contributed by atoms with van der Waals surface area (Å²) in [5, 5.41) is 9.04. The average molecular weight is 301 g/mol. The van der Waals surface area contributed by atoms with E-state index >= 15 is 0 Å². The first-order chi connectivity index (χ1) is 9.29. The van der Waals surface area contributed by atoms with Crippen LogP contribution in [0.2, 0.25) is 0 Å². The number of nitrogens with zero attached hydrogens (tertiary/aromatic N) is 1. The standard InChI is InChI=1S/C12H19N3O4S/c1-8-3-5-15(6-4-8)20(18,19)14-10-7-9(2)13-11(10)12(16)17/h7-8,13-14H,3-6H2,1-2H3,(H,16,17). The average Bonchev–Trinajstić information content (AvgIpc) is 2.70. The molecule has 112 valence electrons. The van der Waals surface area contributed by atoms with E-state index in [1.807, 2.05) is 0 Å². The molecule has 0 aliphatic carbocycles. The molecule has 0 saturated carbocycles. The topological polar surface area (TPSA) is 102 Å². The van der Waals surface area contributed by atoms with Crippen LogP contribution in [-0.4, -0.2) is 41.9 Å². The molecule has 1 fully saturated rings. The predicted molar refractivity (Wildman–Crippen MR) is 75.0 cm³/mol. The normalized spacial score (nSPS) is 18.1. The molecule has 0 bridgehead atoms. The van der Waals surface area contributed by atoms with Crippen LogP contribution in [0.25, 0.3) is 0 Å². The summed E-state index contributed by atoms with van der Waals surface area (Å²) in [5.41, 5.74) is 0.525. The number of hydrogen-bond donors (Lipinski definition) is 3. The molecule has 0 aromatic carbocycles. The van der Waals surface area contributed by atoms with Gasteiger partial charge in [0.15, 0.2) is 0 Å². The number of rotatable bonds is 4. The molecule has 0 radical (unpaired) electrons. The minimum Gasteiger partial charge on any atom is -0.477 e. The Labute approximate surface area is 118 Å². The van der Waals surface area contributed by atoms with Gasteiger partial charge in [-0.1, -0.05) is 6.92 Å². The van der Waals surface area contributed by atoms with Crippen molar-refractivity contribution in [2.45, 2.75) is 26.7 Å². The van der Waals surface area contributed by atoms with Crippen molar-refractivity contribution in [1.29, 1.82) is 0 Å². The Balaban J connectivity index is 2.18. The zero-order valence-corrected chi connectivity index (χ0v) is 12.3. The summed E-state index contributed by atoms with van der Waals surface area (Å²) >= 11 is 0. The lowest BCUT2D eigenvalue weighted by Crippen LogP contribution is -2.41. The molecule has 1 aliphatic heterocycles. The van der Waals surface area contributed by atoms with Gasteiger partial charge < -0.3 is 10.1 Å². The van der Waals surface area contributed by atoms with E-state index in [1.54, 1.807) is 6.92 Å². The summed E-state index contributed by atoms with van der Waals surface area (Å²) in [4.78, 5) is 13.7. The van der Waals surface area contributed by atoms with Crippen molar-refractivity contribution in [1.82, 2.24) is 9.29 Å². The van der Waals surface area contributed by atoms with E-state index in [-0.39, 0.29) is 11.4 Å². The summed E-state index contributed by atoms with van der Waals surface area (Å²) < 4.78 is 28.2. The highest BCUT2D eigenvalue weighted by Gasteiger charge is 2.28. The first kappa shape index (κ1) is 14.9. The SMILES string of the molecule is Cc1cc(NS(=O)(=O)N2CCC(C)CC2)c(C(=O)O)[nH]1. The Morgan fingerprint density at radius 3 is 2.60 bits per heavy atom. The molecule has 1 saturated heterocycles. The van der Waals surface area contributed by atoms with Gasteiger partial charge in [0, 0.05) is 18.8 Å². The maximum Gasteiger partial charge on any atom is 0.354 e. The van der Waals surface area contributed by atoms with Gasteiger partial charge >= 0.3 is 16.2 Å². The number of hydrogen-bond acceptors (Lipinski definition) is 3. The van der Waals surface area contributed by atoms with Crippen molar-refractivity contribution in [3.63, 3.8) is 0 Å². The lowest BCUT2D eigenvalue weighted by atomic mass is 10.0. The third-order valence-electron chi connectivity index (χ3n) is 3.49. The molecule has 2 rings (SSSR count). The fraction of sp³-hybridized carbons (Fsp3) is 0.583. The van der Waals surface area contributed by atoms with E-state index < -0.39 is 16.2 Å². The third-order valence-corrected chi connectivity index (χ3v) is 5.01. The minimum absolute atomic E-state index is 0.0774. The molecule has 3 N–H and O–H groups in total. The second-order valence-corrected chi connectivity index (χ2v) is 6.91. The largest absolute Gasteiger partial charge is 0.477 e. The molecule has 1 aliphatic rings. The Bertz CT molecular complexity index is 600. The van der Waals surface area contributed by atoms with E-state index in [0.717, 1.165) is 12.8 Å². The van der Waals surface area contributed by atoms with Crippen LogP contribution < -0.4 is 4.72 Å². The van der Waals surface area contributed by atoms with Crippen molar-refractivity contribution in [2.75, 3.05) is 17.8 Å². The zero-order chi connectivity index (χ0) is 14.9. The first-order valence-electron chi connectivity index (χ1n) is 6.50. The number of aromatic carboxylic acids is 1. The van der Waals surface area contributed by atoms with Crippen molar-refractivity contribution >= 4 is 21.9 Å². The first-order valence-corrected chi connectivity index (χ1v) is 7.94. The summed E-state index contributed by atoms with van der Waals surface area (Å²) in [5.74, 6) is -0.673. The van der Waals surface area contributed by atoms with Crippen molar-refractivity contribution < 1.29 is 18.3 Å². The zero-order valence-electron chi connectivity index (χ0n) is 11.5. The number of aromatic amines is 1. The lowest BCUT2D eigenvalue weighted by Gasteiger charge is -2.29. The summed E-state index contributed by atoms with van der Waals surface area (Å²) in [7, 11) is -3.70. The van der Waals surface area contributed by atoms with Crippen LogP contribution in [-0.2, 0) is 10.2 Å². The highest BCUT2D eigenvalue weighted by molar-refractivity contribution is 7.90. The number of H-pyrrole nitrogens is 1. The number of carboxylic acids is 1. The van der Waals surface area contributed by atoms with Crippen LogP contribution >= 0.6 is 0 Å². The number of carbonyl (C=O) groups is 1. The Morgan fingerprint density at radius 1 is 1.45 bits per heavy atom. The van der Waals surface area contributed by atoms with E-state index in [0.29, 0.717) is 24.7 Å². The molecule has 2 heterocycles. The summed E-state index contributed by atoms with van der Waals surface area (Å²) in [6, 6.07) is 1.48. The molecule has 8 heteroatoms. The van der Waals surface area contributed by atoms with Crippen LogP contribution in [0, 0.1) is 12.8 Å². The molecular formula is C12H19N3O4S. The molecule has 1 aromatic heterocycles. The van der Waals surface area contributed by atoms with Gasteiger partial charge in [0.25, 0.3) is 0 Å². The number of anilines is 1. The molecule has 20 heavy (non-hydrogen) atoms. The van der Waals surface area contributed by atoms with E-state index in [4.69, 9.17) is 5.11 Å². The number of aryl methyl sites for hydroxylation is 1.